The maximum absolute atomic E-state index is 15.3. The summed E-state index contributed by atoms with van der Waals surface area (Å²) in [7, 11) is 0. The third kappa shape index (κ3) is 2.67. The van der Waals surface area contributed by atoms with E-state index in [-0.39, 0.29) is 35.0 Å². The zero-order valence-corrected chi connectivity index (χ0v) is 15.7. The van der Waals surface area contributed by atoms with Crippen LogP contribution in [0.4, 0.5) is 19.3 Å². The SMILES string of the molecule is NC1[C@H]2CN(c3cc4c(c(F)c3F)-c3[nH]c(=O)c(OC(=O)O)c(O)c3CCC4)C[C@@H]12. The van der Waals surface area contributed by atoms with Crippen LogP contribution in [-0.2, 0) is 12.8 Å². The van der Waals surface area contributed by atoms with Gasteiger partial charge in [-0.25, -0.2) is 13.6 Å². The average Bonchev–Trinajstić information content (AvgIpc) is 3.13. The van der Waals surface area contributed by atoms with Crippen molar-refractivity contribution in [3.63, 3.8) is 0 Å². The molecule has 158 valence electrons. The van der Waals surface area contributed by atoms with Gasteiger partial charge in [-0.3, -0.25) is 4.79 Å². The number of carbonyl (C=O) groups is 1. The number of aromatic nitrogens is 1. The molecular weight excluding hydrogens is 400 g/mol. The standard InChI is InChI=1S/C20H19F2N3O5/c21-13-11(25-5-9-10(6-25)15(9)23)4-7-2-1-3-8-16(12(7)14(13)22)24-19(27)18(17(8)26)30-20(28)29/h4,9-10,15H,1-3,5-6,23H2,(H,28,29)(H2,24,26,27)/t9-,10+,15?. The van der Waals surface area contributed by atoms with Crippen molar-refractivity contribution in [1.82, 2.24) is 4.98 Å². The molecule has 2 aliphatic carbocycles. The number of hydrogen-bond acceptors (Lipinski definition) is 6. The van der Waals surface area contributed by atoms with Crippen LogP contribution in [0.3, 0.4) is 0 Å². The first kappa shape index (κ1) is 18.9. The van der Waals surface area contributed by atoms with Crippen LogP contribution in [0.1, 0.15) is 17.5 Å². The molecule has 5 rings (SSSR count). The Morgan fingerprint density at radius 2 is 1.93 bits per heavy atom. The summed E-state index contributed by atoms with van der Waals surface area (Å²) in [5, 5.41) is 19.2. The molecule has 10 heteroatoms. The van der Waals surface area contributed by atoms with Crippen LogP contribution in [0.5, 0.6) is 11.5 Å². The summed E-state index contributed by atoms with van der Waals surface area (Å²) < 4.78 is 34.7. The van der Waals surface area contributed by atoms with Gasteiger partial charge < -0.3 is 30.6 Å². The second-order valence-electron chi connectivity index (χ2n) is 8.07. The number of nitrogens with zero attached hydrogens (tertiary/aromatic N) is 1. The van der Waals surface area contributed by atoms with E-state index < -0.39 is 34.8 Å². The average molecular weight is 419 g/mol. The van der Waals surface area contributed by atoms with E-state index in [9.17, 15) is 14.7 Å². The number of rotatable bonds is 2. The Bertz CT molecular complexity index is 1140. The molecule has 8 nitrogen and oxygen atoms in total. The summed E-state index contributed by atoms with van der Waals surface area (Å²) in [5.74, 6) is -3.00. The van der Waals surface area contributed by atoms with Gasteiger partial charge in [0.15, 0.2) is 17.4 Å². The van der Waals surface area contributed by atoms with E-state index in [2.05, 4.69) is 9.72 Å². The van der Waals surface area contributed by atoms with Gasteiger partial charge in [0, 0.05) is 30.3 Å². The minimum atomic E-state index is -1.77. The van der Waals surface area contributed by atoms with Crippen molar-refractivity contribution < 1.29 is 28.5 Å². The van der Waals surface area contributed by atoms with Crippen molar-refractivity contribution >= 4 is 11.8 Å². The topological polar surface area (TPSA) is 129 Å². The van der Waals surface area contributed by atoms with E-state index in [1.165, 1.54) is 0 Å². The molecule has 5 N–H and O–H groups in total. The van der Waals surface area contributed by atoms with Gasteiger partial charge in [-0.2, -0.15) is 0 Å². The van der Waals surface area contributed by atoms with Crippen molar-refractivity contribution in [1.29, 1.82) is 0 Å². The summed E-state index contributed by atoms with van der Waals surface area (Å²) in [6.45, 7) is 1.15. The quantitative estimate of drug-likeness (QED) is 0.548. The molecule has 1 aromatic carbocycles. The van der Waals surface area contributed by atoms with Crippen molar-refractivity contribution in [2.45, 2.75) is 25.3 Å². The number of ether oxygens (including phenoxy) is 1. The molecule has 0 radical (unpaired) electrons. The summed E-state index contributed by atoms with van der Waals surface area (Å²) >= 11 is 0. The van der Waals surface area contributed by atoms with Crippen LogP contribution in [0, 0.1) is 23.5 Å². The highest BCUT2D eigenvalue weighted by Gasteiger charge is 2.54. The fourth-order valence-corrected chi connectivity index (χ4v) is 4.83. The molecule has 2 fully saturated rings. The highest BCUT2D eigenvalue weighted by Crippen LogP contribution is 2.47. The van der Waals surface area contributed by atoms with Gasteiger partial charge in [0.05, 0.1) is 11.4 Å². The number of nitrogens with one attached hydrogen (secondary N) is 1. The van der Waals surface area contributed by atoms with E-state index in [4.69, 9.17) is 10.8 Å². The Labute approximate surface area is 168 Å². The molecule has 1 unspecified atom stereocenters. The first-order valence-corrected chi connectivity index (χ1v) is 9.68. The van der Waals surface area contributed by atoms with Crippen LogP contribution >= 0.6 is 0 Å². The number of H-pyrrole nitrogens is 1. The largest absolute Gasteiger partial charge is 0.511 e. The number of halogens is 2. The number of pyridine rings is 1. The molecule has 1 saturated heterocycles. The molecule has 30 heavy (non-hydrogen) atoms. The highest BCUT2D eigenvalue weighted by atomic mass is 19.2. The number of aromatic hydroxyl groups is 1. The van der Waals surface area contributed by atoms with Crippen LogP contribution < -0.4 is 20.9 Å². The lowest BCUT2D eigenvalue weighted by molar-refractivity contribution is 0.142. The third-order valence-electron chi connectivity index (χ3n) is 6.43. The van der Waals surface area contributed by atoms with Crippen LogP contribution in [0.2, 0.25) is 0 Å². The Balaban J connectivity index is 1.64. The Kier molecular flexibility index (Phi) is 4.04. The number of anilines is 1. The molecular formula is C20H19F2N3O5. The molecule has 2 aromatic rings. The zero-order chi connectivity index (χ0) is 21.3. The monoisotopic (exact) mass is 419 g/mol. The van der Waals surface area contributed by atoms with Gasteiger partial charge in [0.25, 0.3) is 5.56 Å². The molecule has 0 amide bonds. The molecule has 1 saturated carbocycles. The number of nitrogens with two attached hydrogens (primary N) is 1. The highest BCUT2D eigenvalue weighted by molar-refractivity contribution is 5.76. The first-order valence-electron chi connectivity index (χ1n) is 9.68. The van der Waals surface area contributed by atoms with Gasteiger partial charge in [-0.05, 0) is 42.7 Å². The van der Waals surface area contributed by atoms with Crippen molar-refractivity contribution in [3.05, 3.63) is 39.2 Å². The Hall–Kier alpha value is -3.14. The second-order valence-corrected chi connectivity index (χ2v) is 8.07. The van der Waals surface area contributed by atoms with E-state index in [0.29, 0.717) is 43.3 Å². The van der Waals surface area contributed by atoms with Crippen molar-refractivity contribution in [2.24, 2.45) is 17.6 Å². The van der Waals surface area contributed by atoms with Gasteiger partial charge in [-0.1, -0.05) is 0 Å². The molecule has 1 aromatic heterocycles. The van der Waals surface area contributed by atoms with Crippen LogP contribution in [0.15, 0.2) is 10.9 Å². The normalized spacial score (nSPS) is 24.0. The van der Waals surface area contributed by atoms with Gasteiger partial charge in [-0.15, -0.1) is 0 Å². The summed E-state index contributed by atoms with van der Waals surface area (Å²) in [5.41, 5.74) is 5.51. The number of hydrogen-bond donors (Lipinski definition) is 4. The lowest BCUT2D eigenvalue weighted by Gasteiger charge is -2.24. The second kappa shape index (κ2) is 6.43. The molecule has 0 bridgehead atoms. The smallest absolute Gasteiger partial charge is 0.504 e. The van der Waals surface area contributed by atoms with Gasteiger partial charge in [0.2, 0.25) is 5.75 Å². The predicted molar refractivity (Wildman–Crippen MR) is 102 cm³/mol. The van der Waals surface area contributed by atoms with Gasteiger partial charge >= 0.3 is 6.16 Å². The number of benzene rings is 1. The number of piperidine rings is 1. The van der Waals surface area contributed by atoms with E-state index in [1.54, 1.807) is 11.0 Å². The maximum atomic E-state index is 15.3. The fraction of sp³-hybridized carbons (Fsp3) is 0.400. The molecule has 2 heterocycles. The van der Waals surface area contributed by atoms with Crippen LogP contribution in [0.25, 0.3) is 11.3 Å². The third-order valence-corrected chi connectivity index (χ3v) is 6.43. The maximum Gasteiger partial charge on any atom is 0.511 e. The lowest BCUT2D eigenvalue weighted by Crippen LogP contribution is -2.29. The summed E-state index contributed by atoms with van der Waals surface area (Å²) in [6, 6.07) is 1.72. The lowest BCUT2D eigenvalue weighted by atomic mass is 9.98. The number of aromatic amines is 1. The minimum absolute atomic E-state index is 0.0584. The Morgan fingerprint density at radius 3 is 2.60 bits per heavy atom. The predicted octanol–water partition coefficient (Wildman–Crippen LogP) is 1.96. The van der Waals surface area contributed by atoms with Crippen LogP contribution in [-0.4, -0.2) is 40.5 Å². The van der Waals surface area contributed by atoms with Crippen molar-refractivity contribution in [3.8, 4) is 22.8 Å². The van der Waals surface area contributed by atoms with Crippen molar-refractivity contribution in [2.75, 3.05) is 18.0 Å². The number of fused-ring (bicyclic) bond motifs is 4. The van der Waals surface area contributed by atoms with E-state index in [0.717, 1.165) is 0 Å². The summed E-state index contributed by atoms with van der Waals surface area (Å²) in [4.78, 5) is 27.3. The summed E-state index contributed by atoms with van der Waals surface area (Å²) in [6.07, 6.45) is -0.672. The molecule has 1 aliphatic heterocycles. The van der Waals surface area contributed by atoms with E-state index in [1.807, 2.05) is 0 Å². The number of carboxylic acid groups (broad SMARTS) is 1. The zero-order valence-electron chi connectivity index (χ0n) is 15.7. The minimum Gasteiger partial charge on any atom is -0.504 e. The fourth-order valence-electron chi connectivity index (χ4n) is 4.83. The van der Waals surface area contributed by atoms with E-state index >= 15 is 8.78 Å². The number of aryl methyl sites for hydroxylation is 1. The molecule has 3 atom stereocenters. The molecule has 3 aliphatic rings. The molecule has 0 spiro atoms. The van der Waals surface area contributed by atoms with Gasteiger partial charge in [0.1, 0.15) is 0 Å². The Morgan fingerprint density at radius 1 is 1.23 bits per heavy atom. The first-order chi connectivity index (χ1) is 14.3.